The molecule has 0 aliphatic carbocycles. The third kappa shape index (κ3) is 3.47. The molecule has 0 aliphatic heterocycles. The van der Waals surface area contributed by atoms with Crippen LogP contribution in [0.5, 0.6) is 5.75 Å². The van der Waals surface area contributed by atoms with Crippen LogP contribution in [0.25, 0.3) is 0 Å². The summed E-state index contributed by atoms with van der Waals surface area (Å²) in [5.74, 6) is 0.0724. The molecule has 2 amide bonds. The number of nitro groups is 1. The number of carbonyl (C=O) groups excluding carboxylic acids is 1. The first-order chi connectivity index (χ1) is 9.97. The van der Waals surface area contributed by atoms with E-state index in [0.29, 0.717) is 16.9 Å². The number of nitrogens with one attached hydrogen (secondary N) is 2. The molecule has 2 aromatic rings. The zero-order valence-corrected chi connectivity index (χ0v) is 11.2. The Morgan fingerprint density at radius 3 is 2.62 bits per heavy atom. The number of urea groups is 1. The van der Waals surface area contributed by atoms with Crippen LogP contribution in [0.2, 0.25) is 0 Å². The maximum absolute atomic E-state index is 11.9. The van der Waals surface area contributed by atoms with Gasteiger partial charge in [0.25, 0.3) is 5.69 Å². The van der Waals surface area contributed by atoms with Gasteiger partial charge in [0.2, 0.25) is 0 Å². The Labute approximate surface area is 120 Å². The van der Waals surface area contributed by atoms with Crippen LogP contribution in [0.4, 0.5) is 21.9 Å². The van der Waals surface area contributed by atoms with E-state index < -0.39 is 11.0 Å². The van der Waals surface area contributed by atoms with Crippen molar-refractivity contribution in [3.63, 3.8) is 0 Å². The Balaban J connectivity index is 2.10. The van der Waals surface area contributed by atoms with Crippen LogP contribution in [0.3, 0.4) is 0 Å². The number of amides is 2. The van der Waals surface area contributed by atoms with Crippen molar-refractivity contribution in [3.05, 3.63) is 58.1 Å². The largest absolute Gasteiger partial charge is 0.508 e. The van der Waals surface area contributed by atoms with Gasteiger partial charge in [-0.3, -0.25) is 10.1 Å². The van der Waals surface area contributed by atoms with Crippen LogP contribution in [0, 0.1) is 17.0 Å². The number of nitrogens with zero attached hydrogens (tertiary/aromatic N) is 1. The van der Waals surface area contributed by atoms with Crippen molar-refractivity contribution in [1.29, 1.82) is 0 Å². The lowest BCUT2D eigenvalue weighted by Crippen LogP contribution is -2.20. The highest BCUT2D eigenvalue weighted by Gasteiger charge is 2.10. The van der Waals surface area contributed by atoms with Crippen molar-refractivity contribution < 1.29 is 14.8 Å². The lowest BCUT2D eigenvalue weighted by atomic mass is 10.2. The van der Waals surface area contributed by atoms with E-state index in [0.717, 1.165) is 0 Å². The van der Waals surface area contributed by atoms with Gasteiger partial charge in [-0.05, 0) is 25.1 Å². The lowest BCUT2D eigenvalue weighted by Gasteiger charge is -2.10. The monoisotopic (exact) mass is 287 g/mol. The summed E-state index contributed by atoms with van der Waals surface area (Å²) in [4.78, 5) is 22.0. The summed E-state index contributed by atoms with van der Waals surface area (Å²) in [5, 5.41) is 25.3. The maximum Gasteiger partial charge on any atom is 0.323 e. The van der Waals surface area contributed by atoms with Crippen LogP contribution in [0.15, 0.2) is 42.5 Å². The summed E-state index contributed by atoms with van der Waals surface area (Å²) in [7, 11) is 0. The van der Waals surface area contributed by atoms with Crippen LogP contribution in [-0.4, -0.2) is 16.1 Å². The van der Waals surface area contributed by atoms with Gasteiger partial charge in [-0.25, -0.2) is 4.79 Å². The number of phenols is 1. The van der Waals surface area contributed by atoms with E-state index in [2.05, 4.69) is 10.6 Å². The molecule has 0 atom stereocenters. The molecule has 108 valence electrons. The number of carbonyl (C=O) groups is 1. The Hall–Kier alpha value is -3.09. The number of hydrogen-bond acceptors (Lipinski definition) is 4. The molecule has 0 spiro atoms. The topological polar surface area (TPSA) is 104 Å². The average molecular weight is 287 g/mol. The molecule has 0 saturated heterocycles. The Morgan fingerprint density at radius 2 is 1.90 bits per heavy atom. The summed E-state index contributed by atoms with van der Waals surface area (Å²) < 4.78 is 0. The normalized spacial score (nSPS) is 9.95. The number of benzene rings is 2. The predicted molar refractivity (Wildman–Crippen MR) is 78.6 cm³/mol. The number of non-ortho nitro benzene ring substituents is 1. The van der Waals surface area contributed by atoms with E-state index in [-0.39, 0.29) is 11.4 Å². The van der Waals surface area contributed by atoms with E-state index in [1.165, 1.54) is 24.3 Å². The minimum atomic E-state index is -0.552. The van der Waals surface area contributed by atoms with Crippen molar-refractivity contribution in [3.8, 4) is 5.75 Å². The molecule has 7 nitrogen and oxygen atoms in total. The summed E-state index contributed by atoms with van der Waals surface area (Å²) >= 11 is 0. The number of anilines is 2. The van der Waals surface area contributed by atoms with Gasteiger partial charge in [0.15, 0.2) is 0 Å². The summed E-state index contributed by atoms with van der Waals surface area (Å²) in [5.41, 5.74) is 1.19. The minimum Gasteiger partial charge on any atom is -0.508 e. The smallest absolute Gasteiger partial charge is 0.323 e. The third-order valence-electron chi connectivity index (χ3n) is 2.87. The first-order valence-corrected chi connectivity index (χ1v) is 6.08. The molecule has 0 saturated carbocycles. The maximum atomic E-state index is 11.9. The standard InChI is InChI=1S/C14H13N3O4/c1-9-12(6-3-7-13(9)18)16-14(19)15-10-4-2-5-11(8-10)17(20)21/h2-8,18H,1H3,(H2,15,16,19). The van der Waals surface area contributed by atoms with E-state index >= 15 is 0 Å². The fourth-order valence-electron chi connectivity index (χ4n) is 1.74. The molecule has 0 unspecified atom stereocenters. The van der Waals surface area contributed by atoms with E-state index in [1.807, 2.05) is 0 Å². The molecule has 0 fully saturated rings. The van der Waals surface area contributed by atoms with Gasteiger partial charge in [0.1, 0.15) is 5.75 Å². The second-order valence-electron chi connectivity index (χ2n) is 4.34. The van der Waals surface area contributed by atoms with Crippen molar-refractivity contribution in [2.24, 2.45) is 0 Å². The summed E-state index contributed by atoms with van der Waals surface area (Å²) in [6.07, 6.45) is 0. The van der Waals surface area contributed by atoms with Gasteiger partial charge in [0, 0.05) is 29.1 Å². The number of nitro benzene ring substituents is 1. The lowest BCUT2D eigenvalue weighted by molar-refractivity contribution is -0.384. The van der Waals surface area contributed by atoms with Gasteiger partial charge in [-0.2, -0.15) is 0 Å². The van der Waals surface area contributed by atoms with Crippen LogP contribution in [-0.2, 0) is 0 Å². The van der Waals surface area contributed by atoms with Crippen LogP contribution < -0.4 is 10.6 Å². The number of rotatable bonds is 3. The van der Waals surface area contributed by atoms with Crippen molar-refractivity contribution in [2.75, 3.05) is 10.6 Å². The highest BCUT2D eigenvalue weighted by atomic mass is 16.6. The molecular formula is C14H13N3O4. The highest BCUT2D eigenvalue weighted by Crippen LogP contribution is 2.24. The van der Waals surface area contributed by atoms with Gasteiger partial charge in [0.05, 0.1) is 4.92 Å². The third-order valence-corrected chi connectivity index (χ3v) is 2.87. The molecule has 0 aliphatic rings. The van der Waals surface area contributed by atoms with Crippen LogP contribution in [0.1, 0.15) is 5.56 Å². The molecule has 2 rings (SSSR count). The quantitative estimate of drug-likeness (QED) is 0.595. The molecule has 0 radical (unpaired) electrons. The molecule has 2 aromatic carbocycles. The highest BCUT2D eigenvalue weighted by molar-refractivity contribution is 6.00. The molecule has 0 bridgehead atoms. The molecule has 0 aromatic heterocycles. The number of aromatic hydroxyl groups is 1. The number of hydrogen-bond donors (Lipinski definition) is 3. The fourth-order valence-corrected chi connectivity index (χ4v) is 1.74. The predicted octanol–water partition coefficient (Wildman–Crippen LogP) is 3.25. The van der Waals surface area contributed by atoms with Crippen molar-refractivity contribution in [1.82, 2.24) is 0 Å². The summed E-state index contributed by atoms with van der Waals surface area (Å²) in [6, 6.07) is 9.82. The second kappa shape index (κ2) is 5.91. The minimum absolute atomic E-state index is 0.0724. The van der Waals surface area contributed by atoms with Crippen molar-refractivity contribution in [2.45, 2.75) is 6.92 Å². The van der Waals surface area contributed by atoms with Gasteiger partial charge < -0.3 is 15.7 Å². The Kier molecular flexibility index (Phi) is 4.03. The molecular weight excluding hydrogens is 274 g/mol. The average Bonchev–Trinajstić information content (AvgIpc) is 2.44. The first kappa shape index (κ1) is 14.3. The molecule has 3 N–H and O–H groups in total. The van der Waals surface area contributed by atoms with Gasteiger partial charge in [-0.15, -0.1) is 0 Å². The second-order valence-corrected chi connectivity index (χ2v) is 4.34. The van der Waals surface area contributed by atoms with Gasteiger partial charge >= 0.3 is 6.03 Å². The zero-order chi connectivity index (χ0) is 15.4. The Morgan fingerprint density at radius 1 is 1.19 bits per heavy atom. The SMILES string of the molecule is Cc1c(O)cccc1NC(=O)Nc1cccc([N+](=O)[O-])c1. The fraction of sp³-hybridized carbons (Fsp3) is 0.0714. The molecule has 7 heteroatoms. The van der Waals surface area contributed by atoms with Crippen LogP contribution >= 0.6 is 0 Å². The first-order valence-electron chi connectivity index (χ1n) is 6.08. The van der Waals surface area contributed by atoms with Crippen molar-refractivity contribution >= 4 is 23.1 Å². The summed E-state index contributed by atoms with van der Waals surface area (Å²) in [6.45, 7) is 1.66. The molecule has 0 heterocycles. The molecule has 21 heavy (non-hydrogen) atoms. The van der Waals surface area contributed by atoms with E-state index in [4.69, 9.17) is 0 Å². The van der Waals surface area contributed by atoms with E-state index in [1.54, 1.807) is 25.1 Å². The Bertz CT molecular complexity index is 700. The van der Waals surface area contributed by atoms with E-state index in [9.17, 15) is 20.0 Å². The number of phenolic OH excluding ortho intramolecular Hbond substituents is 1. The van der Waals surface area contributed by atoms with Gasteiger partial charge in [-0.1, -0.05) is 12.1 Å². The zero-order valence-electron chi connectivity index (χ0n) is 11.2.